The molecule has 0 N–H and O–H groups in total. The normalized spacial score (nSPS) is 11.2. The Labute approximate surface area is 496 Å². The van der Waals surface area contributed by atoms with E-state index < -0.39 is 29.0 Å². The van der Waals surface area contributed by atoms with E-state index in [0.717, 1.165) is 0 Å². The van der Waals surface area contributed by atoms with Gasteiger partial charge >= 0.3 is 12.4 Å². The molecule has 17 heteroatoms. The van der Waals surface area contributed by atoms with Crippen LogP contribution in [-0.4, -0.2) is 9.13 Å². The number of alkyl halides is 6. The van der Waals surface area contributed by atoms with Gasteiger partial charge in [0, 0.05) is 55.0 Å². The molecule has 11 nitrogen and oxygen atoms in total. The van der Waals surface area contributed by atoms with E-state index in [1.54, 1.807) is 106 Å². The van der Waals surface area contributed by atoms with E-state index in [4.69, 9.17) is 32.9 Å². The van der Waals surface area contributed by atoms with Crippen molar-refractivity contribution < 1.29 is 26.3 Å². The Bertz CT molecular complexity index is 5200. The largest absolute Gasteiger partial charge is 0.416 e. The van der Waals surface area contributed by atoms with Crippen molar-refractivity contribution in [3.8, 4) is 91.3 Å². The number of benzene rings is 10. The van der Waals surface area contributed by atoms with E-state index in [0.29, 0.717) is 100 Å². The number of fused-ring (bicyclic) bond motifs is 6. The fraction of sp³-hybridized carbons (Fsp3) is 0.0282. The van der Waals surface area contributed by atoms with Crippen LogP contribution in [0.2, 0.25) is 0 Å². The summed E-state index contributed by atoms with van der Waals surface area (Å²) >= 11 is 0. The molecule has 2 aromatic heterocycles. The van der Waals surface area contributed by atoms with Gasteiger partial charge in [-0.15, -0.1) is 0 Å². The molecule has 0 saturated heterocycles. The van der Waals surface area contributed by atoms with Crippen molar-refractivity contribution in [1.29, 1.82) is 21.0 Å². The minimum absolute atomic E-state index is 0.0202. The zero-order valence-electron chi connectivity index (χ0n) is 44.9. The van der Waals surface area contributed by atoms with Crippen molar-refractivity contribution in [3.63, 3.8) is 0 Å². The molecule has 0 unspecified atom stereocenters. The van der Waals surface area contributed by atoms with Gasteiger partial charge in [0.15, 0.2) is 22.7 Å². The first kappa shape index (κ1) is 55.3. The summed E-state index contributed by atoms with van der Waals surface area (Å²) < 4.78 is 94.6. The highest BCUT2D eigenvalue weighted by Gasteiger charge is 2.38. The van der Waals surface area contributed by atoms with Gasteiger partial charge in [0.05, 0.1) is 96.0 Å². The SMILES string of the molecule is [C-]#[N+]c1ccc(-c2ccc3c4ccc(-c5ccc(C#N)cc5[N+]#[C-])cc4n(-c4cc([N+]#[C-])c(-n5c6cc(-c7ccc(C#N)cc7[N+]#[C-])ccc6c6ccc(-c7ccc(C#N)cc7[N+]#[C-])cc65)cc4-c4cc(C(F)(F)F)cc(C(F)(F)F)c4)c3c2)c(C#N)c1. The van der Waals surface area contributed by atoms with Crippen molar-refractivity contribution in [2.75, 3.05) is 0 Å². The monoisotopic (exact) mass is 1150 g/mol. The number of halogens is 6. The Balaban J connectivity index is 1.26. The molecule has 2 heterocycles. The van der Waals surface area contributed by atoms with E-state index in [1.165, 1.54) is 60.7 Å². The van der Waals surface area contributed by atoms with Crippen LogP contribution in [-0.2, 0) is 12.4 Å². The van der Waals surface area contributed by atoms with Crippen molar-refractivity contribution >= 4 is 72.0 Å². The summed E-state index contributed by atoms with van der Waals surface area (Å²) in [6.45, 7) is 40.9. The molecule has 0 radical (unpaired) electrons. The zero-order valence-corrected chi connectivity index (χ0v) is 44.9. The number of hydrogen-bond acceptors (Lipinski definition) is 4. The van der Waals surface area contributed by atoms with Crippen molar-refractivity contribution in [2.24, 2.45) is 0 Å². The van der Waals surface area contributed by atoms with Crippen LogP contribution in [0.1, 0.15) is 33.4 Å². The molecule has 12 aromatic rings. The topological polar surface area (TPSA) is 127 Å². The van der Waals surface area contributed by atoms with Gasteiger partial charge < -0.3 is 9.13 Å². The molecule has 10 aromatic carbocycles. The first-order valence-electron chi connectivity index (χ1n) is 26.1. The lowest BCUT2D eigenvalue weighted by Crippen LogP contribution is -2.11. The molecule has 0 aliphatic heterocycles. The van der Waals surface area contributed by atoms with Crippen molar-refractivity contribution in [3.05, 3.63) is 266 Å². The molecule has 88 heavy (non-hydrogen) atoms. The van der Waals surface area contributed by atoms with E-state index in [2.05, 4.69) is 30.3 Å². The number of nitriles is 4. The molecule has 0 aliphatic rings. The lowest BCUT2D eigenvalue weighted by molar-refractivity contribution is -0.143. The highest BCUT2D eigenvalue weighted by molar-refractivity contribution is 6.14. The van der Waals surface area contributed by atoms with Crippen LogP contribution in [0.5, 0.6) is 0 Å². The summed E-state index contributed by atoms with van der Waals surface area (Å²) in [6.07, 6.45) is -10.6. The number of nitrogens with zero attached hydrogens (tertiary/aromatic N) is 11. The van der Waals surface area contributed by atoms with Gasteiger partial charge in [0.25, 0.3) is 0 Å². The molecule has 0 aliphatic carbocycles. The second-order valence-electron chi connectivity index (χ2n) is 20.2. The summed E-state index contributed by atoms with van der Waals surface area (Å²) in [5.74, 6) is 0. The van der Waals surface area contributed by atoms with Crippen LogP contribution < -0.4 is 0 Å². The average Bonchev–Trinajstić information content (AvgIpc) is 1.56. The predicted molar refractivity (Wildman–Crippen MR) is 322 cm³/mol. The first-order valence-corrected chi connectivity index (χ1v) is 26.1. The molecule has 0 saturated carbocycles. The second kappa shape index (κ2) is 21.2. The third-order valence-corrected chi connectivity index (χ3v) is 15.4. The summed E-state index contributed by atoms with van der Waals surface area (Å²) in [4.78, 5) is 18.7. The van der Waals surface area contributed by atoms with Crippen LogP contribution in [0.3, 0.4) is 0 Å². The highest BCUT2D eigenvalue weighted by atomic mass is 19.4. The molecule has 0 bridgehead atoms. The number of aromatic nitrogens is 2. The van der Waals surface area contributed by atoms with Gasteiger partial charge in [0.1, 0.15) is 0 Å². The highest BCUT2D eigenvalue weighted by Crippen LogP contribution is 2.49. The lowest BCUT2D eigenvalue weighted by Gasteiger charge is -2.21. The van der Waals surface area contributed by atoms with Gasteiger partial charge in [-0.05, 0) is 147 Å². The minimum atomic E-state index is -5.32. The Morgan fingerprint density at radius 1 is 0.318 bits per heavy atom. The quantitative estimate of drug-likeness (QED) is 0.116. The van der Waals surface area contributed by atoms with Gasteiger partial charge in [0.2, 0.25) is 5.69 Å². The Morgan fingerprint density at radius 2 is 0.693 bits per heavy atom. The van der Waals surface area contributed by atoms with Gasteiger partial charge in [-0.25, -0.2) is 24.2 Å². The van der Waals surface area contributed by atoms with Gasteiger partial charge in [-0.2, -0.15) is 47.4 Å². The van der Waals surface area contributed by atoms with Crippen LogP contribution in [0.4, 0.5) is 54.8 Å². The number of rotatable bonds is 7. The molecular formula is C71H29F6N11. The third kappa shape index (κ3) is 9.30. The Hall–Kier alpha value is -13.2. The van der Waals surface area contributed by atoms with Crippen LogP contribution in [0.15, 0.2) is 176 Å². The summed E-state index contributed by atoms with van der Waals surface area (Å²) in [5.41, 5.74) is 1.70. The maximum Gasteiger partial charge on any atom is 0.416 e. The maximum absolute atomic E-state index is 15.2. The lowest BCUT2D eigenvalue weighted by atomic mass is 9.96. The minimum Gasteiger partial charge on any atom is -0.319 e. The fourth-order valence-electron chi connectivity index (χ4n) is 11.3. The maximum atomic E-state index is 15.2. The molecule has 410 valence electrons. The van der Waals surface area contributed by atoms with Crippen LogP contribution in [0, 0.1) is 78.2 Å². The molecule has 12 rings (SSSR count). The van der Waals surface area contributed by atoms with Crippen LogP contribution in [0.25, 0.3) is 135 Å². The van der Waals surface area contributed by atoms with Crippen LogP contribution >= 0.6 is 0 Å². The Morgan fingerprint density at radius 3 is 1.05 bits per heavy atom. The zero-order chi connectivity index (χ0) is 61.9. The first-order chi connectivity index (χ1) is 42.4. The average molecular weight is 1150 g/mol. The van der Waals surface area contributed by atoms with E-state index >= 15 is 26.3 Å². The third-order valence-electron chi connectivity index (χ3n) is 15.4. The van der Waals surface area contributed by atoms with Gasteiger partial charge in [-0.3, -0.25) is 0 Å². The fourth-order valence-corrected chi connectivity index (χ4v) is 11.3. The predicted octanol–water partition coefficient (Wildman–Crippen LogP) is 20.5. The molecule has 0 atom stereocenters. The summed E-state index contributed by atoms with van der Waals surface area (Å²) in [7, 11) is 0. The Kier molecular flexibility index (Phi) is 13.3. The molecular weight excluding hydrogens is 1120 g/mol. The van der Waals surface area contributed by atoms with Gasteiger partial charge in [-0.1, -0.05) is 78.9 Å². The summed E-state index contributed by atoms with van der Waals surface area (Å²) in [5, 5.41) is 41.8. The molecule has 0 spiro atoms. The summed E-state index contributed by atoms with van der Waals surface area (Å²) in [6, 6.07) is 51.2. The van der Waals surface area contributed by atoms with Crippen molar-refractivity contribution in [1.82, 2.24) is 9.13 Å². The van der Waals surface area contributed by atoms with E-state index in [9.17, 15) is 21.0 Å². The standard InChI is InChI=1S/C71H29F6N11/c1-82-50-13-21-51(47(27-50)38-81)42-9-17-55-56-18-10-43(52-14-6-39(35-78)22-60(52)83-2)29-65(56)87(64(55)28-42)68-34-63(86-5)69(33-59(68)46-25-48(70(72,73)74)32-49(26-46)71(75,76)77)88-66-30-44(53-15-7-40(36-79)23-61(53)84-3)11-19-57(66)58-20-12-45(31-67(58)88)54-16-8-41(37-80)24-62(54)85-4/h6-34H. The smallest absolute Gasteiger partial charge is 0.319 e. The van der Waals surface area contributed by atoms with Crippen molar-refractivity contribution in [2.45, 2.75) is 12.4 Å². The number of hydrogen-bond donors (Lipinski definition) is 0. The van der Waals surface area contributed by atoms with E-state index in [-0.39, 0.29) is 73.7 Å². The second-order valence-corrected chi connectivity index (χ2v) is 20.2. The molecule has 0 fully saturated rings. The van der Waals surface area contributed by atoms with E-state index in [1.807, 2.05) is 18.2 Å². The molecule has 0 amide bonds.